The Morgan fingerprint density at radius 3 is 2.73 bits per heavy atom. The molecular weight excluding hydrogens is 347 g/mol. The fourth-order valence-corrected chi connectivity index (χ4v) is 3.69. The Bertz CT molecular complexity index is 693. The lowest BCUT2D eigenvalue weighted by Crippen LogP contribution is -2.53. The van der Waals surface area contributed by atoms with Crippen LogP contribution in [0.3, 0.4) is 0 Å². The van der Waals surface area contributed by atoms with Crippen LogP contribution < -0.4 is 10.2 Å². The summed E-state index contributed by atoms with van der Waals surface area (Å²) in [4.78, 5) is 27.5. The molecule has 1 aromatic carbocycles. The largest absolute Gasteiger partial charge is 0.409 e. The first kappa shape index (κ1) is 18.7. The molecule has 1 aromatic rings. The van der Waals surface area contributed by atoms with E-state index in [1.54, 1.807) is 12.1 Å². The van der Waals surface area contributed by atoms with Crippen LogP contribution in [0.1, 0.15) is 26.2 Å². The second-order valence-electron chi connectivity index (χ2n) is 7.07. The van der Waals surface area contributed by atoms with Crippen molar-refractivity contribution >= 4 is 23.2 Å². The van der Waals surface area contributed by atoms with Crippen molar-refractivity contribution in [1.29, 1.82) is 0 Å². The summed E-state index contributed by atoms with van der Waals surface area (Å²) in [7, 11) is 0. The number of carbonyl (C=O) groups is 2. The number of rotatable bonds is 2. The Labute approximate surface area is 150 Å². The summed E-state index contributed by atoms with van der Waals surface area (Å²) in [5, 5.41) is 2.47. The molecule has 3 rings (SSSR count). The number of anilines is 2. The van der Waals surface area contributed by atoms with E-state index in [9.17, 15) is 22.8 Å². The standard InChI is InChI=1S/C18H22F3N3O2/c1-12-5-4-8-23(10-12)11-17(26)24-14-7-3-2-6-13(14)22-16(25)9-15(24)18(19,20)21/h2-3,6-7,12,15H,4-5,8-11H2,1H3,(H,22,25). The van der Waals surface area contributed by atoms with E-state index in [1.807, 2.05) is 4.90 Å². The minimum atomic E-state index is -4.69. The normalized spacial score (nSPS) is 24.6. The number of carbonyl (C=O) groups excluding carboxylic acids is 2. The number of para-hydroxylation sites is 2. The van der Waals surface area contributed by atoms with Crippen LogP contribution in [0.15, 0.2) is 24.3 Å². The maximum absolute atomic E-state index is 13.7. The fourth-order valence-electron chi connectivity index (χ4n) is 3.69. The van der Waals surface area contributed by atoms with Crippen LogP contribution in [-0.2, 0) is 9.59 Å². The summed E-state index contributed by atoms with van der Waals surface area (Å²) in [6.45, 7) is 3.37. The molecule has 0 radical (unpaired) electrons. The number of amides is 2. The highest BCUT2D eigenvalue weighted by atomic mass is 19.4. The third-order valence-corrected chi connectivity index (χ3v) is 4.87. The number of halogens is 3. The Morgan fingerprint density at radius 1 is 1.31 bits per heavy atom. The molecule has 0 spiro atoms. The van der Waals surface area contributed by atoms with Crippen molar-refractivity contribution in [3.05, 3.63) is 24.3 Å². The monoisotopic (exact) mass is 369 g/mol. The van der Waals surface area contributed by atoms with Crippen LogP contribution in [0, 0.1) is 5.92 Å². The minimum absolute atomic E-state index is 0.0839. The molecule has 2 atom stereocenters. The third kappa shape index (κ3) is 4.00. The zero-order chi connectivity index (χ0) is 18.9. The molecule has 1 N–H and O–H groups in total. The first-order valence-electron chi connectivity index (χ1n) is 8.75. The second-order valence-corrected chi connectivity index (χ2v) is 7.07. The van der Waals surface area contributed by atoms with Gasteiger partial charge >= 0.3 is 6.18 Å². The molecule has 2 heterocycles. The van der Waals surface area contributed by atoms with Crippen molar-refractivity contribution in [1.82, 2.24) is 4.90 Å². The summed E-state index contributed by atoms with van der Waals surface area (Å²) >= 11 is 0. The topological polar surface area (TPSA) is 52.7 Å². The van der Waals surface area contributed by atoms with Crippen LogP contribution in [-0.4, -0.2) is 48.6 Å². The predicted octanol–water partition coefficient (Wildman–Crippen LogP) is 3.02. The number of fused-ring (bicyclic) bond motifs is 1. The van der Waals surface area contributed by atoms with Gasteiger partial charge in [-0.15, -0.1) is 0 Å². The lowest BCUT2D eigenvalue weighted by atomic mass is 10.0. The van der Waals surface area contributed by atoms with Gasteiger partial charge in [0.05, 0.1) is 24.3 Å². The van der Waals surface area contributed by atoms with Crippen molar-refractivity contribution in [2.75, 3.05) is 29.9 Å². The summed E-state index contributed by atoms with van der Waals surface area (Å²) < 4.78 is 41.0. The van der Waals surface area contributed by atoms with Crippen molar-refractivity contribution in [2.45, 2.75) is 38.4 Å². The number of hydrogen-bond acceptors (Lipinski definition) is 3. The summed E-state index contributed by atoms with van der Waals surface area (Å²) in [5.41, 5.74) is 0.320. The van der Waals surface area contributed by atoms with Crippen molar-refractivity contribution < 1.29 is 22.8 Å². The average Bonchev–Trinajstić information content (AvgIpc) is 2.70. The van der Waals surface area contributed by atoms with Gasteiger partial charge in [-0.05, 0) is 37.4 Å². The van der Waals surface area contributed by atoms with Gasteiger partial charge in [-0.25, -0.2) is 0 Å². The molecular formula is C18H22F3N3O2. The number of hydrogen-bond donors (Lipinski definition) is 1. The SMILES string of the molecule is CC1CCCN(CC(=O)N2c3ccccc3NC(=O)CC2C(F)(F)F)C1. The molecule has 5 nitrogen and oxygen atoms in total. The molecule has 2 unspecified atom stereocenters. The predicted molar refractivity (Wildman–Crippen MR) is 91.9 cm³/mol. The Morgan fingerprint density at radius 2 is 2.04 bits per heavy atom. The van der Waals surface area contributed by atoms with Gasteiger partial charge in [-0.3, -0.25) is 19.4 Å². The molecule has 0 saturated carbocycles. The second kappa shape index (κ2) is 7.26. The number of nitrogens with one attached hydrogen (secondary N) is 1. The highest BCUT2D eigenvalue weighted by molar-refractivity contribution is 6.05. The van der Waals surface area contributed by atoms with Gasteiger partial charge in [0.25, 0.3) is 0 Å². The van der Waals surface area contributed by atoms with Gasteiger partial charge in [-0.1, -0.05) is 19.1 Å². The summed E-state index contributed by atoms with van der Waals surface area (Å²) in [6, 6.07) is 3.96. The van der Waals surface area contributed by atoms with Crippen molar-refractivity contribution in [2.24, 2.45) is 5.92 Å². The van der Waals surface area contributed by atoms with E-state index in [2.05, 4.69) is 12.2 Å². The van der Waals surface area contributed by atoms with E-state index < -0.39 is 30.5 Å². The molecule has 1 fully saturated rings. The quantitative estimate of drug-likeness (QED) is 0.872. The van der Waals surface area contributed by atoms with E-state index >= 15 is 0 Å². The smallest absolute Gasteiger partial charge is 0.324 e. The molecule has 1 saturated heterocycles. The third-order valence-electron chi connectivity index (χ3n) is 4.87. The summed E-state index contributed by atoms with van der Waals surface area (Å²) in [5.74, 6) is -0.971. The van der Waals surface area contributed by atoms with E-state index in [4.69, 9.17) is 0 Å². The van der Waals surface area contributed by atoms with E-state index in [-0.39, 0.29) is 17.9 Å². The van der Waals surface area contributed by atoms with Gasteiger partial charge in [-0.2, -0.15) is 13.2 Å². The van der Waals surface area contributed by atoms with Gasteiger partial charge in [0.1, 0.15) is 6.04 Å². The lowest BCUT2D eigenvalue weighted by Gasteiger charge is -2.35. The molecule has 2 aliphatic heterocycles. The van der Waals surface area contributed by atoms with Crippen molar-refractivity contribution in [3.8, 4) is 0 Å². The molecule has 142 valence electrons. The molecule has 0 bridgehead atoms. The first-order valence-corrected chi connectivity index (χ1v) is 8.75. The van der Waals surface area contributed by atoms with Gasteiger partial charge < -0.3 is 5.32 Å². The van der Waals surface area contributed by atoms with Crippen LogP contribution in [0.4, 0.5) is 24.5 Å². The first-order chi connectivity index (χ1) is 12.3. The van der Waals surface area contributed by atoms with Gasteiger partial charge in [0.2, 0.25) is 11.8 Å². The number of likely N-dealkylation sites (tertiary alicyclic amines) is 1. The van der Waals surface area contributed by atoms with Crippen LogP contribution >= 0.6 is 0 Å². The fraction of sp³-hybridized carbons (Fsp3) is 0.556. The lowest BCUT2D eigenvalue weighted by molar-refractivity contribution is -0.158. The molecule has 26 heavy (non-hydrogen) atoms. The van der Waals surface area contributed by atoms with Crippen molar-refractivity contribution in [3.63, 3.8) is 0 Å². The number of alkyl halides is 3. The zero-order valence-electron chi connectivity index (χ0n) is 14.6. The maximum atomic E-state index is 13.7. The molecule has 0 aliphatic carbocycles. The van der Waals surface area contributed by atoms with E-state index in [1.165, 1.54) is 12.1 Å². The Hall–Kier alpha value is -2.09. The average molecular weight is 369 g/mol. The Kier molecular flexibility index (Phi) is 5.22. The zero-order valence-corrected chi connectivity index (χ0v) is 14.6. The van der Waals surface area contributed by atoms with Gasteiger partial charge in [0.15, 0.2) is 0 Å². The highest BCUT2D eigenvalue weighted by Gasteiger charge is 2.49. The van der Waals surface area contributed by atoms with Crippen LogP contribution in [0.5, 0.6) is 0 Å². The van der Waals surface area contributed by atoms with Crippen LogP contribution in [0.25, 0.3) is 0 Å². The summed E-state index contributed by atoms with van der Waals surface area (Å²) in [6.07, 6.45) is -3.52. The minimum Gasteiger partial charge on any atom is -0.324 e. The molecule has 2 aliphatic rings. The van der Waals surface area contributed by atoms with E-state index in [0.717, 1.165) is 17.7 Å². The number of piperidine rings is 1. The number of benzene rings is 1. The molecule has 0 aromatic heterocycles. The van der Waals surface area contributed by atoms with Gasteiger partial charge in [0, 0.05) is 6.54 Å². The van der Waals surface area contributed by atoms with E-state index in [0.29, 0.717) is 19.0 Å². The Balaban J connectivity index is 1.93. The highest BCUT2D eigenvalue weighted by Crippen LogP contribution is 2.37. The van der Waals surface area contributed by atoms with Crippen LogP contribution in [0.2, 0.25) is 0 Å². The molecule has 8 heteroatoms. The molecule has 2 amide bonds. The number of nitrogens with zero attached hydrogens (tertiary/aromatic N) is 2. The maximum Gasteiger partial charge on any atom is 0.409 e.